The van der Waals surface area contributed by atoms with Gasteiger partial charge in [-0.2, -0.15) is 5.26 Å². The number of ether oxygens (including phenoxy) is 1. The molecule has 20 heavy (non-hydrogen) atoms. The van der Waals surface area contributed by atoms with Gasteiger partial charge in [-0.3, -0.25) is 4.79 Å². The van der Waals surface area contributed by atoms with Crippen molar-refractivity contribution in [2.75, 3.05) is 0 Å². The first-order chi connectivity index (χ1) is 9.67. The molecule has 0 unspecified atom stereocenters. The van der Waals surface area contributed by atoms with Crippen molar-refractivity contribution in [3.63, 3.8) is 0 Å². The third-order valence-electron chi connectivity index (χ3n) is 2.84. The van der Waals surface area contributed by atoms with Crippen LogP contribution in [0.4, 0.5) is 0 Å². The lowest BCUT2D eigenvalue weighted by atomic mass is 10.1. The summed E-state index contributed by atoms with van der Waals surface area (Å²) < 4.78 is 5.66. The van der Waals surface area contributed by atoms with Gasteiger partial charge < -0.3 is 4.74 Å². The lowest BCUT2D eigenvalue weighted by Crippen LogP contribution is -1.98. The highest BCUT2D eigenvalue weighted by molar-refractivity contribution is 5.78. The van der Waals surface area contributed by atoms with Gasteiger partial charge in [0.05, 0.1) is 11.6 Å². The molecule has 3 nitrogen and oxygen atoms in total. The fourth-order valence-electron chi connectivity index (χ4n) is 1.89. The van der Waals surface area contributed by atoms with Gasteiger partial charge in [0.15, 0.2) is 0 Å². The number of hydrogen-bond acceptors (Lipinski definition) is 3. The first-order valence-corrected chi connectivity index (χ1v) is 6.37. The smallest absolute Gasteiger partial charge is 0.134 e. The van der Waals surface area contributed by atoms with Crippen LogP contribution in [0.1, 0.15) is 23.6 Å². The first-order valence-electron chi connectivity index (χ1n) is 6.37. The van der Waals surface area contributed by atoms with E-state index < -0.39 is 0 Å². The van der Waals surface area contributed by atoms with E-state index in [4.69, 9.17) is 10.00 Å². The van der Waals surface area contributed by atoms with E-state index >= 15 is 0 Å². The molecule has 0 radical (unpaired) electrons. The largest absolute Gasteiger partial charge is 0.489 e. The lowest BCUT2D eigenvalue weighted by molar-refractivity contribution is -0.116. The van der Waals surface area contributed by atoms with Crippen LogP contribution >= 0.6 is 0 Å². The second kappa shape index (κ2) is 6.53. The van der Waals surface area contributed by atoms with Crippen molar-refractivity contribution in [2.45, 2.75) is 20.0 Å². The van der Waals surface area contributed by atoms with E-state index in [1.54, 1.807) is 13.0 Å². The summed E-state index contributed by atoms with van der Waals surface area (Å²) in [7, 11) is 0. The molecule has 0 aliphatic rings. The molecule has 0 bridgehead atoms. The predicted octanol–water partition coefficient (Wildman–Crippen LogP) is 3.27. The molecule has 0 spiro atoms. The van der Waals surface area contributed by atoms with Crippen LogP contribution in [0.2, 0.25) is 0 Å². The molecular weight excluding hydrogens is 250 g/mol. The maximum atomic E-state index is 11.0. The summed E-state index contributed by atoms with van der Waals surface area (Å²) in [4.78, 5) is 11.0. The zero-order valence-electron chi connectivity index (χ0n) is 11.3. The van der Waals surface area contributed by atoms with Crippen molar-refractivity contribution in [2.24, 2.45) is 0 Å². The van der Waals surface area contributed by atoms with Crippen LogP contribution in [-0.4, -0.2) is 5.78 Å². The normalized spacial score (nSPS) is 9.80. The third kappa shape index (κ3) is 3.96. The summed E-state index contributed by atoms with van der Waals surface area (Å²) >= 11 is 0. The van der Waals surface area contributed by atoms with Crippen LogP contribution in [0.3, 0.4) is 0 Å². The average Bonchev–Trinajstić information content (AvgIpc) is 2.46. The molecule has 0 N–H and O–H groups in total. The summed E-state index contributed by atoms with van der Waals surface area (Å²) in [5.41, 5.74) is 2.57. The fourth-order valence-corrected chi connectivity index (χ4v) is 1.89. The Labute approximate surface area is 118 Å². The van der Waals surface area contributed by atoms with E-state index in [1.807, 2.05) is 42.5 Å². The summed E-state index contributed by atoms with van der Waals surface area (Å²) in [6.07, 6.45) is 0.449. The second-order valence-corrected chi connectivity index (χ2v) is 4.62. The molecule has 0 saturated heterocycles. The highest BCUT2D eigenvalue weighted by atomic mass is 16.5. The minimum atomic E-state index is 0.145. The molecule has 0 saturated carbocycles. The van der Waals surface area contributed by atoms with E-state index in [2.05, 4.69) is 6.07 Å². The number of carbonyl (C=O) groups is 1. The number of nitrogens with zero attached hydrogens (tertiary/aromatic N) is 1. The second-order valence-electron chi connectivity index (χ2n) is 4.62. The highest BCUT2D eigenvalue weighted by Crippen LogP contribution is 2.15. The zero-order valence-corrected chi connectivity index (χ0v) is 11.3. The lowest BCUT2D eigenvalue weighted by Gasteiger charge is -2.07. The quantitative estimate of drug-likeness (QED) is 0.833. The zero-order chi connectivity index (χ0) is 14.4. The molecule has 0 fully saturated rings. The van der Waals surface area contributed by atoms with Crippen molar-refractivity contribution in [3.8, 4) is 11.8 Å². The SMILES string of the molecule is CC(=O)Cc1ccc(OCc2cccc(C#N)c2)cc1. The molecule has 0 aliphatic carbocycles. The number of carbonyl (C=O) groups excluding carboxylic acids is 1. The van der Waals surface area contributed by atoms with Crippen LogP contribution in [-0.2, 0) is 17.8 Å². The Morgan fingerprint density at radius 1 is 1.15 bits per heavy atom. The van der Waals surface area contributed by atoms with Crippen LogP contribution in [0, 0.1) is 11.3 Å². The van der Waals surface area contributed by atoms with Crippen molar-refractivity contribution in [1.82, 2.24) is 0 Å². The summed E-state index contributed by atoms with van der Waals surface area (Å²) in [6.45, 7) is 1.99. The van der Waals surface area contributed by atoms with E-state index in [-0.39, 0.29) is 5.78 Å². The molecule has 0 aliphatic heterocycles. The van der Waals surface area contributed by atoms with Gasteiger partial charge in [0.1, 0.15) is 18.1 Å². The van der Waals surface area contributed by atoms with Crippen LogP contribution < -0.4 is 4.74 Å². The van der Waals surface area contributed by atoms with E-state index in [9.17, 15) is 4.79 Å². The van der Waals surface area contributed by atoms with Gasteiger partial charge in [-0.15, -0.1) is 0 Å². The van der Waals surface area contributed by atoms with Gasteiger partial charge in [-0.05, 0) is 42.3 Å². The van der Waals surface area contributed by atoms with Crippen molar-refractivity contribution >= 4 is 5.78 Å². The molecule has 0 amide bonds. The Hall–Kier alpha value is -2.60. The molecule has 2 aromatic carbocycles. The maximum absolute atomic E-state index is 11.0. The Bertz CT molecular complexity index is 639. The summed E-state index contributed by atoms with van der Waals surface area (Å²) in [5, 5.41) is 8.83. The molecule has 0 heterocycles. The third-order valence-corrected chi connectivity index (χ3v) is 2.84. The molecule has 100 valence electrons. The minimum absolute atomic E-state index is 0.145. The van der Waals surface area contributed by atoms with Gasteiger partial charge >= 0.3 is 0 Å². The van der Waals surface area contributed by atoms with Gasteiger partial charge in [0.2, 0.25) is 0 Å². The van der Waals surface area contributed by atoms with Crippen LogP contribution in [0.25, 0.3) is 0 Å². The monoisotopic (exact) mass is 265 g/mol. The van der Waals surface area contributed by atoms with Crippen molar-refractivity contribution < 1.29 is 9.53 Å². The Balaban J connectivity index is 1.97. The average molecular weight is 265 g/mol. The van der Waals surface area contributed by atoms with Crippen molar-refractivity contribution in [1.29, 1.82) is 5.26 Å². The number of ketones is 1. The Kier molecular flexibility index (Phi) is 4.52. The summed E-state index contributed by atoms with van der Waals surface area (Å²) in [5.74, 6) is 0.895. The fraction of sp³-hybridized carbons (Fsp3) is 0.176. The molecule has 3 heteroatoms. The van der Waals surface area contributed by atoms with Crippen LogP contribution in [0.15, 0.2) is 48.5 Å². The van der Waals surface area contributed by atoms with Crippen LogP contribution in [0.5, 0.6) is 5.75 Å². The van der Waals surface area contributed by atoms with E-state index in [0.29, 0.717) is 18.6 Å². The molecular formula is C17H15NO2. The number of nitriles is 1. The van der Waals surface area contributed by atoms with E-state index in [1.165, 1.54) is 0 Å². The van der Waals surface area contributed by atoms with Gasteiger partial charge in [-0.25, -0.2) is 0 Å². The number of rotatable bonds is 5. The number of Topliss-reactive ketones (excluding diaryl/α,β-unsaturated/α-hetero) is 1. The standard InChI is InChI=1S/C17H15NO2/c1-13(19)9-14-5-7-17(8-6-14)20-12-16-4-2-3-15(10-16)11-18/h2-8,10H,9,12H2,1H3. The molecule has 0 atom stereocenters. The first kappa shape index (κ1) is 13.8. The molecule has 0 aromatic heterocycles. The topological polar surface area (TPSA) is 50.1 Å². The number of benzene rings is 2. The Morgan fingerprint density at radius 3 is 2.55 bits per heavy atom. The van der Waals surface area contributed by atoms with Gasteiger partial charge in [0.25, 0.3) is 0 Å². The number of hydrogen-bond donors (Lipinski definition) is 0. The maximum Gasteiger partial charge on any atom is 0.134 e. The summed E-state index contributed by atoms with van der Waals surface area (Å²) in [6, 6.07) is 16.9. The molecule has 2 rings (SSSR count). The predicted molar refractivity (Wildman–Crippen MR) is 76.3 cm³/mol. The molecule has 2 aromatic rings. The Morgan fingerprint density at radius 2 is 1.90 bits per heavy atom. The highest BCUT2D eigenvalue weighted by Gasteiger charge is 2.00. The minimum Gasteiger partial charge on any atom is -0.489 e. The van der Waals surface area contributed by atoms with E-state index in [0.717, 1.165) is 16.9 Å². The van der Waals surface area contributed by atoms with Crippen molar-refractivity contribution in [3.05, 3.63) is 65.2 Å². The van der Waals surface area contributed by atoms with Gasteiger partial charge in [-0.1, -0.05) is 24.3 Å². The van der Waals surface area contributed by atoms with Gasteiger partial charge in [0, 0.05) is 6.42 Å².